The number of phenols is 1. The van der Waals surface area contributed by atoms with Crippen LogP contribution in [0.15, 0.2) is 12.1 Å². The highest BCUT2D eigenvalue weighted by atomic mass is 16.3. The molecule has 0 amide bonds. The number of likely N-dealkylation sites (tertiary alicyclic amines) is 1. The van der Waals surface area contributed by atoms with E-state index in [2.05, 4.69) is 30.1 Å². The Bertz CT molecular complexity index is 457. The molecule has 1 saturated heterocycles. The lowest BCUT2D eigenvalue weighted by Gasteiger charge is -2.24. The van der Waals surface area contributed by atoms with Crippen LogP contribution in [0.25, 0.3) is 0 Å². The predicted molar refractivity (Wildman–Crippen MR) is 85.6 cm³/mol. The predicted octanol–water partition coefficient (Wildman–Crippen LogP) is 3.68. The molecular weight excluding hydrogens is 248 g/mol. The van der Waals surface area contributed by atoms with E-state index in [1.807, 2.05) is 19.9 Å². The molecule has 1 unspecified atom stereocenters. The Hall–Kier alpha value is -1.22. The van der Waals surface area contributed by atoms with Gasteiger partial charge in [0.1, 0.15) is 5.75 Å². The number of nitrogens with zero attached hydrogens (tertiary/aromatic N) is 1. The normalized spacial score (nSPS) is 20.9. The second kappa shape index (κ2) is 6.49. The van der Waals surface area contributed by atoms with E-state index in [9.17, 15) is 5.11 Å². The summed E-state index contributed by atoms with van der Waals surface area (Å²) < 4.78 is 0. The number of hydrogen-bond acceptors (Lipinski definition) is 3. The van der Waals surface area contributed by atoms with Crippen molar-refractivity contribution in [2.45, 2.75) is 59.0 Å². The molecule has 1 heterocycles. The Morgan fingerprint density at radius 2 is 1.95 bits per heavy atom. The van der Waals surface area contributed by atoms with Gasteiger partial charge in [-0.2, -0.15) is 0 Å². The number of phenolic OH excluding ortho intramolecular Hbond substituents is 1. The lowest BCUT2D eigenvalue weighted by molar-refractivity contribution is 0.230. The minimum atomic E-state index is 0.424. The quantitative estimate of drug-likeness (QED) is 0.884. The minimum absolute atomic E-state index is 0.424. The van der Waals surface area contributed by atoms with E-state index in [0.717, 1.165) is 23.4 Å². The fourth-order valence-corrected chi connectivity index (χ4v) is 2.99. The van der Waals surface area contributed by atoms with Gasteiger partial charge in [0, 0.05) is 29.9 Å². The average molecular weight is 276 g/mol. The highest BCUT2D eigenvalue weighted by molar-refractivity contribution is 5.59. The molecule has 1 aliphatic heterocycles. The molecule has 0 spiro atoms. The smallest absolute Gasteiger partial charge is 0.123 e. The molecule has 1 aliphatic rings. The van der Waals surface area contributed by atoms with Crippen molar-refractivity contribution in [2.75, 3.05) is 18.4 Å². The van der Waals surface area contributed by atoms with E-state index in [1.54, 1.807) is 0 Å². The molecule has 2 rings (SSSR count). The van der Waals surface area contributed by atoms with Gasteiger partial charge >= 0.3 is 0 Å². The van der Waals surface area contributed by atoms with Gasteiger partial charge in [-0.3, -0.25) is 0 Å². The van der Waals surface area contributed by atoms with Crippen molar-refractivity contribution in [1.82, 2.24) is 4.90 Å². The zero-order chi connectivity index (χ0) is 14.7. The van der Waals surface area contributed by atoms with Crippen LogP contribution in [-0.4, -0.2) is 35.2 Å². The first-order valence-electron chi connectivity index (χ1n) is 7.78. The third-order valence-electron chi connectivity index (χ3n) is 4.49. The van der Waals surface area contributed by atoms with Crippen LogP contribution in [0.3, 0.4) is 0 Å². The van der Waals surface area contributed by atoms with Crippen LogP contribution in [0.4, 0.5) is 5.69 Å². The van der Waals surface area contributed by atoms with E-state index >= 15 is 0 Å². The fraction of sp³-hybridized carbons (Fsp3) is 0.647. The maximum atomic E-state index is 10.0. The average Bonchev–Trinajstić information content (AvgIpc) is 2.65. The minimum Gasteiger partial charge on any atom is -0.507 e. The highest BCUT2D eigenvalue weighted by Crippen LogP contribution is 2.29. The third-order valence-corrected chi connectivity index (χ3v) is 4.49. The second-order valence-corrected chi connectivity index (χ2v) is 6.31. The van der Waals surface area contributed by atoms with Gasteiger partial charge in [-0.25, -0.2) is 0 Å². The number of anilines is 1. The molecule has 112 valence electrons. The maximum absolute atomic E-state index is 10.0. The summed E-state index contributed by atoms with van der Waals surface area (Å²) in [6.07, 6.45) is 3.62. The highest BCUT2D eigenvalue weighted by Gasteiger charge is 2.19. The number of benzene rings is 1. The topological polar surface area (TPSA) is 35.5 Å². The van der Waals surface area contributed by atoms with E-state index in [-0.39, 0.29) is 0 Å². The Labute approximate surface area is 123 Å². The van der Waals surface area contributed by atoms with Crippen LogP contribution in [0.5, 0.6) is 5.75 Å². The van der Waals surface area contributed by atoms with Crippen LogP contribution in [0.2, 0.25) is 0 Å². The molecular formula is C17H28N2O. The van der Waals surface area contributed by atoms with Crippen molar-refractivity contribution < 1.29 is 5.11 Å². The first kappa shape index (κ1) is 15.2. The summed E-state index contributed by atoms with van der Waals surface area (Å²) in [5.74, 6) is 0.424. The van der Waals surface area contributed by atoms with Gasteiger partial charge in [0.2, 0.25) is 0 Å². The van der Waals surface area contributed by atoms with Crippen LogP contribution >= 0.6 is 0 Å². The van der Waals surface area contributed by atoms with Crippen LogP contribution < -0.4 is 5.32 Å². The third kappa shape index (κ3) is 3.45. The summed E-state index contributed by atoms with van der Waals surface area (Å²) in [6.45, 7) is 10.8. The van der Waals surface area contributed by atoms with Crippen molar-refractivity contribution >= 4 is 5.69 Å². The molecule has 1 atom stereocenters. The van der Waals surface area contributed by atoms with Gasteiger partial charge < -0.3 is 15.3 Å². The van der Waals surface area contributed by atoms with Gasteiger partial charge in [-0.1, -0.05) is 6.07 Å². The van der Waals surface area contributed by atoms with Crippen LogP contribution in [0, 0.1) is 13.8 Å². The van der Waals surface area contributed by atoms with Crippen molar-refractivity contribution in [3.63, 3.8) is 0 Å². The number of rotatable bonds is 3. The first-order chi connectivity index (χ1) is 9.49. The van der Waals surface area contributed by atoms with Gasteiger partial charge in [-0.05, 0) is 65.1 Å². The molecule has 0 aliphatic carbocycles. The Kier molecular flexibility index (Phi) is 4.92. The van der Waals surface area contributed by atoms with Crippen molar-refractivity contribution in [3.05, 3.63) is 23.3 Å². The Morgan fingerprint density at radius 3 is 2.65 bits per heavy atom. The van der Waals surface area contributed by atoms with Crippen LogP contribution in [-0.2, 0) is 0 Å². The molecule has 0 bridgehead atoms. The van der Waals surface area contributed by atoms with Crippen LogP contribution in [0.1, 0.15) is 44.2 Å². The van der Waals surface area contributed by atoms with Gasteiger partial charge in [-0.15, -0.1) is 0 Å². The summed E-state index contributed by atoms with van der Waals surface area (Å²) in [5, 5.41) is 13.7. The van der Waals surface area contributed by atoms with Gasteiger partial charge in [0.15, 0.2) is 0 Å². The van der Waals surface area contributed by atoms with Crippen molar-refractivity contribution in [1.29, 1.82) is 0 Å². The number of hydrogen-bond donors (Lipinski definition) is 2. The zero-order valence-corrected chi connectivity index (χ0v) is 13.2. The first-order valence-corrected chi connectivity index (χ1v) is 7.78. The van der Waals surface area contributed by atoms with E-state index in [0.29, 0.717) is 17.8 Å². The standard InChI is InChI=1S/C17H28N2O/c1-12(2)19-10-5-6-15(9-11-19)18-16-8-7-13(3)17(20)14(16)4/h7-8,12,15,18,20H,5-6,9-11H2,1-4H3. The number of aryl methyl sites for hydroxylation is 1. The van der Waals surface area contributed by atoms with E-state index in [1.165, 1.54) is 25.8 Å². The monoisotopic (exact) mass is 276 g/mol. The molecule has 0 aromatic heterocycles. The van der Waals surface area contributed by atoms with Crippen molar-refractivity contribution in [3.8, 4) is 5.75 Å². The van der Waals surface area contributed by atoms with E-state index < -0.39 is 0 Å². The van der Waals surface area contributed by atoms with Gasteiger partial charge in [0.25, 0.3) is 0 Å². The lowest BCUT2D eigenvalue weighted by atomic mass is 10.1. The Balaban J connectivity index is 2.02. The fourth-order valence-electron chi connectivity index (χ4n) is 2.99. The molecule has 1 aromatic rings. The van der Waals surface area contributed by atoms with Gasteiger partial charge in [0.05, 0.1) is 0 Å². The number of nitrogens with one attached hydrogen (secondary N) is 1. The largest absolute Gasteiger partial charge is 0.507 e. The SMILES string of the molecule is Cc1ccc(NC2CCCN(C(C)C)CC2)c(C)c1O. The second-order valence-electron chi connectivity index (χ2n) is 6.31. The summed E-state index contributed by atoms with van der Waals surface area (Å²) in [5.41, 5.74) is 2.99. The Morgan fingerprint density at radius 1 is 1.20 bits per heavy atom. The summed E-state index contributed by atoms with van der Waals surface area (Å²) in [7, 11) is 0. The number of aromatic hydroxyl groups is 1. The molecule has 3 heteroatoms. The summed E-state index contributed by atoms with van der Waals surface area (Å²) in [6, 6.07) is 5.23. The maximum Gasteiger partial charge on any atom is 0.123 e. The molecule has 2 N–H and O–H groups in total. The molecule has 0 radical (unpaired) electrons. The molecule has 3 nitrogen and oxygen atoms in total. The summed E-state index contributed by atoms with van der Waals surface area (Å²) >= 11 is 0. The molecule has 0 saturated carbocycles. The molecule has 1 fully saturated rings. The van der Waals surface area contributed by atoms with E-state index in [4.69, 9.17) is 0 Å². The molecule has 20 heavy (non-hydrogen) atoms. The van der Waals surface area contributed by atoms with Crippen molar-refractivity contribution in [2.24, 2.45) is 0 Å². The lowest BCUT2D eigenvalue weighted by Crippen LogP contribution is -2.32. The summed E-state index contributed by atoms with van der Waals surface area (Å²) in [4.78, 5) is 2.56. The zero-order valence-electron chi connectivity index (χ0n) is 13.2. The molecule has 1 aromatic carbocycles.